The average Bonchev–Trinajstić information content (AvgIpc) is 2.92. The highest BCUT2D eigenvalue weighted by molar-refractivity contribution is 9.10. The first-order valence-corrected chi connectivity index (χ1v) is 7.30. The van der Waals surface area contributed by atoms with Crippen molar-refractivity contribution in [3.05, 3.63) is 63.6 Å². The number of hydrogen-bond donors (Lipinski definition) is 2. The van der Waals surface area contributed by atoms with Crippen molar-refractivity contribution in [1.82, 2.24) is 5.43 Å². The first-order chi connectivity index (χ1) is 9.63. The largest absolute Gasteiger partial charge is 0.507 e. The van der Waals surface area contributed by atoms with Gasteiger partial charge in [-0.1, -0.05) is 39.7 Å². The molecule has 0 fully saturated rings. The maximum Gasteiger partial charge on any atom is 0.124 e. The molecular weight excluding hydrogens is 316 g/mol. The van der Waals surface area contributed by atoms with Gasteiger partial charge in [-0.25, -0.2) is 0 Å². The molecule has 1 aliphatic rings. The Hall–Kier alpha value is -1.81. The maximum atomic E-state index is 9.97. The van der Waals surface area contributed by atoms with E-state index in [0.29, 0.717) is 0 Å². The lowest BCUT2D eigenvalue weighted by Gasteiger charge is -2.10. The summed E-state index contributed by atoms with van der Waals surface area (Å²) in [4.78, 5) is 0. The van der Waals surface area contributed by atoms with Crippen molar-refractivity contribution < 1.29 is 5.11 Å². The van der Waals surface area contributed by atoms with Crippen LogP contribution in [0.25, 0.3) is 0 Å². The first-order valence-electron chi connectivity index (χ1n) is 6.51. The third-order valence-electron chi connectivity index (χ3n) is 3.49. The monoisotopic (exact) mass is 330 g/mol. The molecule has 0 aromatic heterocycles. The topological polar surface area (TPSA) is 44.6 Å². The fraction of sp³-hybridized carbons (Fsp3) is 0.188. The van der Waals surface area contributed by atoms with Gasteiger partial charge in [0, 0.05) is 16.5 Å². The van der Waals surface area contributed by atoms with Gasteiger partial charge in [0.1, 0.15) is 5.75 Å². The van der Waals surface area contributed by atoms with Gasteiger partial charge in [0.25, 0.3) is 0 Å². The quantitative estimate of drug-likeness (QED) is 0.877. The number of phenols is 1. The number of benzene rings is 2. The molecule has 2 aromatic carbocycles. The van der Waals surface area contributed by atoms with E-state index in [1.807, 2.05) is 31.2 Å². The minimum absolute atomic E-state index is 0.165. The van der Waals surface area contributed by atoms with Gasteiger partial charge in [-0.3, -0.25) is 0 Å². The summed E-state index contributed by atoms with van der Waals surface area (Å²) < 4.78 is 1.07. The molecule has 1 heterocycles. The lowest BCUT2D eigenvalue weighted by atomic mass is 9.98. The highest BCUT2D eigenvalue weighted by Gasteiger charge is 2.22. The number of rotatable bonds is 2. The van der Waals surface area contributed by atoms with Crippen LogP contribution in [0, 0.1) is 6.92 Å². The third kappa shape index (κ3) is 2.56. The zero-order valence-corrected chi connectivity index (χ0v) is 12.7. The molecule has 0 unspecified atom stereocenters. The van der Waals surface area contributed by atoms with Crippen molar-refractivity contribution >= 4 is 21.6 Å². The summed E-state index contributed by atoms with van der Waals surface area (Å²) in [5.41, 5.74) is 7.18. The van der Waals surface area contributed by atoms with Gasteiger partial charge in [0.15, 0.2) is 0 Å². The van der Waals surface area contributed by atoms with Crippen molar-refractivity contribution in [2.24, 2.45) is 5.10 Å². The van der Waals surface area contributed by atoms with E-state index >= 15 is 0 Å². The Morgan fingerprint density at radius 3 is 2.70 bits per heavy atom. The van der Waals surface area contributed by atoms with Crippen LogP contribution < -0.4 is 5.43 Å². The maximum absolute atomic E-state index is 9.97. The summed E-state index contributed by atoms with van der Waals surface area (Å²) >= 11 is 3.44. The summed E-state index contributed by atoms with van der Waals surface area (Å²) in [7, 11) is 0. The van der Waals surface area contributed by atoms with Crippen LogP contribution in [0.5, 0.6) is 5.75 Å². The van der Waals surface area contributed by atoms with Crippen molar-refractivity contribution in [2.45, 2.75) is 19.4 Å². The molecule has 1 aliphatic heterocycles. The van der Waals surface area contributed by atoms with Crippen LogP contribution in [0.3, 0.4) is 0 Å². The highest BCUT2D eigenvalue weighted by Crippen LogP contribution is 2.29. The SMILES string of the molecule is Cc1ccc(O)c(C2=NN[C@@H](c3ccc(Br)cc3)C2)c1. The van der Waals surface area contributed by atoms with E-state index in [-0.39, 0.29) is 11.8 Å². The molecule has 0 amide bonds. The van der Waals surface area contributed by atoms with E-state index in [0.717, 1.165) is 27.7 Å². The number of nitrogens with one attached hydrogen (secondary N) is 1. The van der Waals surface area contributed by atoms with Gasteiger partial charge in [-0.2, -0.15) is 5.10 Å². The van der Waals surface area contributed by atoms with Gasteiger partial charge in [0.05, 0.1) is 11.8 Å². The summed E-state index contributed by atoms with van der Waals surface area (Å²) in [5, 5.41) is 14.4. The zero-order valence-electron chi connectivity index (χ0n) is 11.1. The predicted molar refractivity (Wildman–Crippen MR) is 84.0 cm³/mol. The second kappa shape index (κ2) is 5.29. The number of nitrogens with zero attached hydrogens (tertiary/aromatic N) is 1. The number of aromatic hydroxyl groups is 1. The molecule has 0 spiro atoms. The Morgan fingerprint density at radius 1 is 1.20 bits per heavy atom. The van der Waals surface area contributed by atoms with Gasteiger partial charge >= 0.3 is 0 Å². The van der Waals surface area contributed by atoms with Crippen LogP contribution >= 0.6 is 15.9 Å². The highest BCUT2D eigenvalue weighted by atomic mass is 79.9. The summed E-state index contributed by atoms with van der Waals surface area (Å²) in [6.45, 7) is 2.01. The van der Waals surface area contributed by atoms with Crippen LogP contribution in [-0.4, -0.2) is 10.8 Å². The Kier molecular flexibility index (Phi) is 3.49. The number of hydrazone groups is 1. The molecule has 20 heavy (non-hydrogen) atoms. The van der Waals surface area contributed by atoms with E-state index in [2.05, 4.69) is 38.6 Å². The molecule has 102 valence electrons. The molecule has 0 saturated carbocycles. The van der Waals surface area contributed by atoms with E-state index < -0.39 is 0 Å². The average molecular weight is 331 g/mol. The van der Waals surface area contributed by atoms with Crippen LogP contribution in [0.15, 0.2) is 52.0 Å². The lowest BCUT2D eigenvalue weighted by Crippen LogP contribution is -2.09. The minimum Gasteiger partial charge on any atom is -0.507 e. The molecular formula is C16H15BrN2O. The van der Waals surface area contributed by atoms with Gasteiger partial charge in [0.2, 0.25) is 0 Å². The standard InChI is InChI=1S/C16H15BrN2O/c1-10-2-7-16(20)13(8-10)15-9-14(18-19-15)11-3-5-12(17)6-4-11/h2-8,14,18,20H,9H2,1H3/t14-/m1/s1. The molecule has 3 rings (SSSR count). The fourth-order valence-electron chi connectivity index (χ4n) is 2.38. The van der Waals surface area contributed by atoms with E-state index in [1.54, 1.807) is 6.07 Å². The van der Waals surface area contributed by atoms with Crippen LogP contribution in [0.1, 0.15) is 29.2 Å². The Labute approximate surface area is 126 Å². The Morgan fingerprint density at radius 2 is 1.95 bits per heavy atom. The molecule has 1 atom stereocenters. The number of aryl methyl sites for hydroxylation is 1. The molecule has 4 heteroatoms. The van der Waals surface area contributed by atoms with E-state index in [1.165, 1.54) is 5.56 Å². The fourth-order valence-corrected chi connectivity index (χ4v) is 2.64. The van der Waals surface area contributed by atoms with Crippen molar-refractivity contribution in [2.75, 3.05) is 0 Å². The Bertz CT molecular complexity index is 665. The second-order valence-electron chi connectivity index (χ2n) is 5.02. The molecule has 0 bridgehead atoms. The molecule has 2 N–H and O–H groups in total. The molecule has 0 radical (unpaired) electrons. The van der Waals surface area contributed by atoms with Crippen molar-refractivity contribution in [3.63, 3.8) is 0 Å². The van der Waals surface area contributed by atoms with Gasteiger partial charge in [-0.15, -0.1) is 0 Å². The van der Waals surface area contributed by atoms with Crippen LogP contribution in [0.2, 0.25) is 0 Å². The number of phenolic OH excluding ortho intramolecular Hbond substituents is 1. The number of hydrogen-bond acceptors (Lipinski definition) is 3. The third-order valence-corrected chi connectivity index (χ3v) is 4.02. The molecule has 2 aromatic rings. The zero-order chi connectivity index (χ0) is 14.1. The van der Waals surface area contributed by atoms with Crippen LogP contribution in [0.4, 0.5) is 0 Å². The minimum atomic E-state index is 0.165. The summed E-state index contributed by atoms with van der Waals surface area (Å²) in [6.07, 6.45) is 0.776. The molecule has 3 nitrogen and oxygen atoms in total. The van der Waals surface area contributed by atoms with Crippen molar-refractivity contribution in [3.8, 4) is 5.75 Å². The van der Waals surface area contributed by atoms with E-state index in [9.17, 15) is 5.11 Å². The predicted octanol–water partition coefficient (Wildman–Crippen LogP) is 3.90. The second-order valence-corrected chi connectivity index (χ2v) is 5.93. The molecule has 0 saturated heterocycles. The van der Waals surface area contributed by atoms with Gasteiger partial charge in [-0.05, 0) is 36.8 Å². The van der Waals surface area contributed by atoms with E-state index in [4.69, 9.17) is 0 Å². The lowest BCUT2D eigenvalue weighted by molar-refractivity contribution is 0.474. The Balaban J connectivity index is 1.82. The van der Waals surface area contributed by atoms with Crippen molar-refractivity contribution in [1.29, 1.82) is 0 Å². The summed E-state index contributed by atoms with van der Waals surface area (Å²) in [5.74, 6) is 0.285. The summed E-state index contributed by atoms with van der Waals surface area (Å²) in [6, 6.07) is 14.0. The normalized spacial score (nSPS) is 17.7. The molecule has 0 aliphatic carbocycles. The smallest absolute Gasteiger partial charge is 0.124 e. The number of halogens is 1. The first kappa shape index (κ1) is 13.2. The van der Waals surface area contributed by atoms with Crippen LogP contribution in [-0.2, 0) is 0 Å². The van der Waals surface area contributed by atoms with Gasteiger partial charge < -0.3 is 10.5 Å².